The van der Waals surface area contributed by atoms with Crippen molar-refractivity contribution in [1.29, 1.82) is 0 Å². The number of carbonyl (C=O) groups excluding carboxylic acids is 1. The predicted octanol–water partition coefficient (Wildman–Crippen LogP) is 3.02. The van der Waals surface area contributed by atoms with Crippen LogP contribution in [0.5, 0.6) is 11.5 Å². The molecule has 0 spiro atoms. The summed E-state index contributed by atoms with van der Waals surface area (Å²) < 4.78 is 10.7. The Labute approximate surface area is 169 Å². The third kappa shape index (κ3) is 3.19. The first-order valence-electron chi connectivity index (χ1n) is 7.99. The van der Waals surface area contributed by atoms with Gasteiger partial charge in [0, 0.05) is 17.7 Å². The second kappa shape index (κ2) is 6.98. The van der Waals surface area contributed by atoms with E-state index in [1.54, 1.807) is 24.3 Å². The van der Waals surface area contributed by atoms with E-state index in [0.29, 0.717) is 22.2 Å². The lowest BCUT2D eigenvalue weighted by Gasteiger charge is -2.16. The normalized spacial score (nSPS) is 16.4. The number of nitrogens with one attached hydrogen (secondary N) is 1. The third-order valence-electron chi connectivity index (χ3n) is 4.13. The molecule has 2 aromatic carbocycles. The van der Waals surface area contributed by atoms with Gasteiger partial charge in [-0.3, -0.25) is 14.9 Å². The quantitative estimate of drug-likeness (QED) is 0.355. The van der Waals surface area contributed by atoms with Crippen LogP contribution in [0.3, 0.4) is 0 Å². The molecule has 0 atom stereocenters. The molecule has 0 radical (unpaired) electrons. The van der Waals surface area contributed by atoms with E-state index >= 15 is 0 Å². The molecule has 2 heterocycles. The molecule has 0 bridgehead atoms. The average Bonchev–Trinajstić information content (AvgIpc) is 3.25. The third-order valence-corrected chi connectivity index (χ3v) is 4.72. The summed E-state index contributed by atoms with van der Waals surface area (Å²) in [6.07, 6.45) is 1.71. The molecule has 8 nitrogen and oxygen atoms in total. The molecule has 4 rings (SSSR count). The van der Waals surface area contributed by atoms with E-state index < -0.39 is 10.8 Å². The van der Waals surface area contributed by atoms with E-state index in [-0.39, 0.29) is 23.2 Å². The summed E-state index contributed by atoms with van der Waals surface area (Å²) >= 11 is 10.6. The number of nitro benzene ring substituents is 1. The van der Waals surface area contributed by atoms with Gasteiger partial charge in [0.15, 0.2) is 16.6 Å². The van der Waals surface area contributed by atoms with Crippen molar-refractivity contribution in [3.8, 4) is 11.5 Å². The van der Waals surface area contributed by atoms with Crippen molar-refractivity contribution in [2.75, 3.05) is 6.79 Å². The highest BCUT2D eigenvalue weighted by Gasteiger charge is 2.33. The standard InChI is InChI=1S/C18H11N3O5S2/c22-17(11-2-4-12(5-3-11)21(23)24)20-13(16(27)19-18(20)28)7-10-1-6-14-15(8-10)26-9-25-14/h1-8H,9H2,(H,19,27,28). The molecule has 0 aliphatic carbocycles. The Morgan fingerprint density at radius 3 is 2.57 bits per heavy atom. The summed E-state index contributed by atoms with van der Waals surface area (Å²) in [7, 11) is 0. The summed E-state index contributed by atoms with van der Waals surface area (Å²) in [5, 5.41) is 13.7. The number of nitrogens with zero attached hydrogens (tertiary/aromatic N) is 2. The van der Waals surface area contributed by atoms with E-state index in [4.69, 9.17) is 33.9 Å². The second-order valence-electron chi connectivity index (χ2n) is 5.85. The maximum absolute atomic E-state index is 13.0. The highest BCUT2D eigenvalue weighted by atomic mass is 32.1. The molecule has 0 aromatic heterocycles. The molecule has 1 fully saturated rings. The molecule has 1 N–H and O–H groups in total. The van der Waals surface area contributed by atoms with Gasteiger partial charge in [0.2, 0.25) is 6.79 Å². The van der Waals surface area contributed by atoms with Gasteiger partial charge in [-0.05, 0) is 48.1 Å². The van der Waals surface area contributed by atoms with Gasteiger partial charge < -0.3 is 14.8 Å². The monoisotopic (exact) mass is 413 g/mol. The maximum atomic E-state index is 13.0. The number of hydrogen-bond acceptors (Lipinski definition) is 7. The summed E-state index contributed by atoms with van der Waals surface area (Å²) in [6, 6.07) is 10.6. The van der Waals surface area contributed by atoms with Crippen LogP contribution < -0.4 is 14.8 Å². The van der Waals surface area contributed by atoms with E-state index in [9.17, 15) is 14.9 Å². The topological polar surface area (TPSA) is 93.9 Å². The van der Waals surface area contributed by atoms with Crippen molar-refractivity contribution in [1.82, 2.24) is 10.2 Å². The Balaban J connectivity index is 1.68. The summed E-state index contributed by atoms with van der Waals surface area (Å²) in [5.74, 6) is 0.796. The Morgan fingerprint density at radius 2 is 1.86 bits per heavy atom. The number of amides is 1. The molecule has 140 valence electrons. The number of carbonyl (C=O) groups is 1. The smallest absolute Gasteiger partial charge is 0.269 e. The second-order valence-corrected chi connectivity index (χ2v) is 6.64. The minimum atomic E-state index is -0.531. The van der Waals surface area contributed by atoms with Gasteiger partial charge in [-0.2, -0.15) is 0 Å². The summed E-state index contributed by atoms with van der Waals surface area (Å²) in [6.45, 7) is 0.157. The van der Waals surface area contributed by atoms with Crippen LogP contribution in [0.1, 0.15) is 15.9 Å². The van der Waals surface area contributed by atoms with Crippen LogP contribution in [0.2, 0.25) is 0 Å². The van der Waals surface area contributed by atoms with Gasteiger partial charge in [0.05, 0.1) is 10.6 Å². The van der Waals surface area contributed by atoms with Gasteiger partial charge in [-0.25, -0.2) is 4.90 Å². The average molecular weight is 413 g/mol. The van der Waals surface area contributed by atoms with Gasteiger partial charge in [0.25, 0.3) is 11.6 Å². The number of hydrogen-bond donors (Lipinski definition) is 1. The molecule has 10 heteroatoms. The number of ether oxygens (including phenoxy) is 2. The molecule has 1 saturated heterocycles. The lowest BCUT2D eigenvalue weighted by atomic mass is 10.1. The van der Waals surface area contributed by atoms with Crippen molar-refractivity contribution in [3.05, 3.63) is 69.4 Å². The first-order valence-corrected chi connectivity index (χ1v) is 8.81. The first kappa shape index (κ1) is 18.0. The van der Waals surface area contributed by atoms with Gasteiger partial charge in [-0.1, -0.05) is 18.3 Å². The SMILES string of the molecule is O=C(c1ccc([N+](=O)[O-])cc1)N1C(=S)NC(=S)C1=Cc1ccc2c(c1)OCO2. The van der Waals surface area contributed by atoms with Crippen LogP contribution in [0, 0.1) is 10.1 Å². The van der Waals surface area contributed by atoms with Crippen molar-refractivity contribution in [3.63, 3.8) is 0 Å². The zero-order valence-corrected chi connectivity index (χ0v) is 15.7. The zero-order valence-electron chi connectivity index (χ0n) is 14.1. The Morgan fingerprint density at radius 1 is 1.14 bits per heavy atom. The Hall–Kier alpha value is -3.37. The fraction of sp³-hybridized carbons (Fsp3) is 0.0556. The maximum Gasteiger partial charge on any atom is 0.269 e. The van der Waals surface area contributed by atoms with Crippen LogP contribution >= 0.6 is 24.4 Å². The summed E-state index contributed by atoms with van der Waals surface area (Å²) in [5.41, 5.74) is 1.29. The van der Waals surface area contributed by atoms with Crippen molar-refractivity contribution >= 4 is 52.2 Å². The van der Waals surface area contributed by atoms with E-state index in [2.05, 4.69) is 5.32 Å². The largest absolute Gasteiger partial charge is 0.454 e. The minimum Gasteiger partial charge on any atom is -0.454 e. The minimum absolute atomic E-state index is 0.106. The van der Waals surface area contributed by atoms with Crippen LogP contribution in [-0.4, -0.2) is 32.6 Å². The molecule has 0 unspecified atom stereocenters. The number of non-ortho nitro benzene ring substituents is 1. The lowest BCUT2D eigenvalue weighted by molar-refractivity contribution is -0.384. The lowest BCUT2D eigenvalue weighted by Crippen LogP contribution is -2.33. The first-order chi connectivity index (χ1) is 13.4. The zero-order chi connectivity index (χ0) is 19.8. The van der Waals surface area contributed by atoms with Gasteiger partial charge >= 0.3 is 0 Å². The number of benzene rings is 2. The number of rotatable bonds is 3. The Kier molecular flexibility index (Phi) is 4.49. The highest BCUT2D eigenvalue weighted by Crippen LogP contribution is 2.33. The van der Waals surface area contributed by atoms with Crippen LogP contribution in [-0.2, 0) is 0 Å². The number of nitro groups is 1. The van der Waals surface area contributed by atoms with Crippen molar-refractivity contribution in [2.24, 2.45) is 0 Å². The molecular formula is C18H11N3O5S2. The van der Waals surface area contributed by atoms with Crippen molar-refractivity contribution in [2.45, 2.75) is 0 Å². The molecule has 28 heavy (non-hydrogen) atoms. The van der Waals surface area contributed by atoms with Gasteiger partial charge in [0.1, 0.15) is 4.99 Å². The fourth-order valence-electron chi connectivity index (χ4n) is 2.78. The molecule has 2 aromatic rings. The highest BCUT2D eigenvalue weighted by molar-refractivity contribution is 7.82. The van der Waals surface area contributed by atoms with Crippen molar-refractivity contribution < 1.29 is 19.2 Å². The molecule has 2 aliphatic rings. The Bertz CT molecular complexity index is 1070. The molecule has 1 amide bonds. The number of fused-ring (bicyclic) bond motifs is 1. The fourth-order valence-corrected chi connectivity index (χ4v) is 3.37. The van der Waals surface area contributed by atoms with E-state index in [0.717, 1.165) is 5.56 Å². The molecular weight excluding hydrogens is 402 g/mol. The van der Waals surface area contributed by atoms with Gasteiger partial charge in [-0.15, -0.1) is 0 Å². The van der Waals surface area contributed by atoms with Crippen LogP contribution in [0.4, 0.5) is 5.69 Å². The predicted molar refractivity (Wildman–Crippen MR) is 108 cm³/mol. The van der Waals surface area contributed by atoms with E-state index in [1.165, 1.54) is 29.2 Å². The van der Waals surface area contributed by atoms with Crippen LogP contribution in [0.25, 0.3) is 6.08 Å². The molecule has 0 saturated carbocycles. The van der Waals surface area contributed by atoms with Crippen LogP contribution in [0.15, 0.2) is 48.2 Å². The summed E-state index contributed by atoms with van der Waals surface area (Å²) in [4.78, 5) is 24.8. The number of thiocarbonyl (C=S) groups is 2. The van der Waals surface area contributed by atoms with E-state index in [1.807, 2.05) is 0 Å². The molecule has 2 aliphatic heterocycles.